The Morgan fingerprint density at radius 3 is 1.97 bits per heavy atom. The summed E-state index contributed by atoms with van der Waals surface area (Å²) in [7, 11) is 0. The van der Waals surface area contributed by atoms with Crippen molar-refractivity contribution in [3.63, 3.8) is 0 Å². The number of rotatable bonds is 8. The molecule has 1 aromatic rings. The molecule has 14 heteroatoms. The lowest BCUT2D eigenvalue weighted by molar-refractivity contribution is -0.277. The molecule has 0 aliphatic carbocycles. The van der Waals surface area contributed by atoms with Crippen molar-refractivity contribution in [3.05, 3.63) is 17.2 Å². The summed E-state index contributed by atoms with van der Waals surface area (Å²) in [6.07, 6.45) is -16.6. The number of carbonyl (C=O) groups excluding carboxylic acids is 1. The summed E-state index contributed by atoms with van der Waals surface area (Å²) in [5, 5.41) is 102. The average Bonchev–Trinajstić information content (AvgIpc) is 2.87. The smallest absolute Gasteiger partial charge is 0.229 e. The number of hydrogen-bond donors (Lipinski definition) is 10. The third-order valence-electron chi connectivity index (χ3n) is 6.86. The SMILES string of the molecule is CCC(C)C(=O)c1c(OC2OC(CO)C(O)C(O)C2O)cc(O)c(C2OC(CO)C(O)C(O)C2O)c1O. The molecule has 1 aromatic carbocycles. The molecule has 0 radical (unpaired) electrons. The summed E-state index contributed by atoms with van der Waals surface area (Å²) >= 11 is 0. The van der Waals surface area contributed by atoms with Crippen LogP contribution in [0.3, 0.4) is 0 Å². The second-order valence-electron chi connectivity index (χ2n) is 9.27. The summed E-state index contributed by atoms with van der Waals surface area (Å²) in [5.74, 6) is -3.59. The van der Waals surface area contributed by atoms with E-state index in [2.05, 4.69) is 0 Å². The van der Waals surface area contributed by atoms with Crippen LogP contribution < -0.4 is 4.74 Å². The Morgan fingerprint density at radius 1 is 0.892 bits per heavy atom. The normalized spacial score (nSPS) is 37.2. The van der Waals surface area contributed by atoms with Gasteiger partial charge in [0.1, 0.15) is 77.7 Å². The van der Waals surface area contributed by atoms with E-state index in [1.807, 2.05) is 0 Å². The van der Waals surface area contributed by atoms with E-state index < -0.39 is 115 Å². The lowest BCUT2D eigenvalue weighted by Crippen LogP contribution is -2.60. The molecule has 0 spiro atoms. The first-order valence-corrected chi connectivity index (χ1v) is 11.8. The molecular formula is C23H34O14. The molecule has 3 rings (SSSR count). The maximum atomic E-state index is 13.3. The third-order valence-corrected chi connectivity index (χ3v) is 6.86. The van der Waals surface area contributed by atoms with Gasteiger partial charge in [-0.1, -0.05) is 13.8 Å². The number of phenolic OH excluding ortho intramolecular Hbond substituents is 2. The van der Waals surface area contributed by atoms with Crippen LogP contribution in [0.15, 0.2) is 6.07 Å². The van der Waals surface area contributed by atoms with Gasteiger partial charge < -0.3 is 65.3 Å². The van der Waals surface area contributed by atoms with E-state index in [0.29, 0.717) is 6.42 Å². The van der Waals surface area contributed by atoms with Crippen LogP contribution in [-0.2, 0) is 9.47 Å². The molecule has 11 atom stereocenters. The molecule has 0 aromatic heterocycles. The standard InChI is InChI=1S/C23H34O14/c1-3-7(2)14(27)13-9(36-23-21(34)19(32)16(29)11(6-25)37-23)4-8(26)12(17(13)30)22-20(33)18(31)15(28)10(5-24)35-22/h4,7,10-11,15-16,18-26,28-34H,3,5-6H2,1-2H3. The predicted octanol–water partition coefficient (Wildman–Crippen LogP) is -2.98. The third kappa shape index (κ3) is 5.40. The number of hydrogen-bond acceptors (Lipinski definition) is 14. The molecule has 37 heavy (non-hydrogen) atoms. The Morgan fingerprint density at radius 2 is 1.43 bits per heavy atom. The molecule has 0 amide bonds. The van der Waals surface area contributed by atoms with Crippen molar-refractivity contribution >= 4 is 5.78 Å². The van der Waals surface area contributed by atoms with Crippen molar-refractivity contribution in [2.75, 3.05) is 13.2 Å². The summed E-state index contributed by atoms with van der Waals surface area (Å²) in [4.78, 5) is 13.3. The number of carbonyl (C=O) groups is 1. The maximum absolute atomic E-state index is 13.3. The fraction of sp³-hybridized carbons (Fsp3) is 0.696. The number of phenols is 2. The highest BCUT2D eigenvalue weighted by molar-refractivity contribution is 6.03. The van der Waals surface area contributed by atoms with Crippen molar-refractivity contribution in [1.82, 2.24) is 0 Å². The molecule has 0 bridgehead atoms. The van der Waals surface area contributed by atoms with E-state index in [9.17, 15) is 55.9 Å². The van der Waals surface area contributed by atoms with Crippen molar-refractivity contribution in [1.29, 1.82) is 0 Å². The Bertz CT molecular complexity index is 952. The zero-order chi connectivity index (χ0) is 27.8. The number of aromatic hydroxyl groups is 2. The molecule has 0 saturated carbocycles. The van der Waals surface area contributed by atoms with Gasteiger partial charge >= 0.3 is 0 Å². The van der Waals surface area contributed by atoms with Gasteiger partial charge in [0.05, 0.1) is 18.8 Å². The molecule has 2 fully saturated rings. The van der Waals surface area contributed by atoms with Crippen LogP contribution in [0.4, 0.5) is 0 Å². The van der Waals surface area contributed by atoms with Crippen LogP contribution in [0.5, 0.6) is 17.2 Å². The van der Waals surface area contributed by atoms with E-state index in [4.69, 9.17) is 14.2 Å². The maximum Gasteiger partial charge on any atom is 0.229 e. The highest BCUT2D eigenvalue weighted by Crippen LogP contribution is 2.47. The second kappa shape index (κ2) is 11.7. The number of Topliss-reactive ketones (excluding diaryl/α,β-unsaturated/α-hetero) is 1. The lowest BCUT2D eigenvalue weighted by Gasteiger charge is -2.41. The van der Waals surface area contributed by atoms with Gasteiger partial charge in [0.15, 0.2) is 5.78 Å². The van der Waals surface area contributed by atoms with E-state index in [-0.39, 0.29) is 0 Å². The molecule has 14 nitrogen and oxygen atoms in total. The fourth-order valence-electron chi connectivity index (χ4n) is 4.32. The first kappa shape index (κ1) is 29.4. The number of ketones is 1. The van der Waals surface area contributed by atoms with E-state index in [0.717, 1.165) is 6.07 Å². The molecular weight excluding hydrogens is 500 g/mol. The fourth-order valence-corrected chi connectivity index (χ4v) is 4.32. The van der Waals surface area contributed by atoms with Crippen LogP contribution in [0.25, 0.3) is 0 Å². The highest BCUT2D eigenvalue weighted by atomic mass is 16.7. The first-order chi connectivity index (χ1) is 17.4. The Kier molecular flexibility index (Phi) is 9.34. The second-order valence-corrected chi connectivity index (χ2v) is 9.27. The van der Waals surface area contributed by atoms with E-state index >= 15 is 0 Å². The number of aliphatic hydroxyl groups excluding tert-OH is 8. The van der Waals surface area contributed by atoms with Crippen molar-refractivity contribution < 1.29 is 70.1 Å². The van der Waals surface area contributed by atoms with Crippen molar-refractivity contribution in [2.24, 2.45) is 5.92 Å². The monoisotopic (exact) mass is 534 g/mol. The highest BCUT2D eigenvalue weighted by Gasteiger charge is 2.48. The van der Waals surface area contributed by atoms with Crippen LogP contribution in [-0.4, -0.2) is 125 Å². The van der Waals surface area contributed by atoms with Gasteiger partial charge in [-0.25, -0.2) is 0 Å². The van der Waals surface area contributed by atoms with Crippen LogP contribution in [0.1, 0.15) is 42.3 Å². The zero-order valence-corrected chi connectivity index (χ0v) is 20.2. The Hall–Kier alpha value is -2.11. The topological polar surface area (TPSA) is 247 Å². The largest absolute Gasteiger partial charge is 0.507 e. The van der Waals surface area contributed by atoms with Crippen LogP contribution >= 0.6 is 0 Å². The number of ether oxygens (including phenoxy) is 3. The molecule has 2 aliphatic rings. The molecule has 210 valence electrons. The van der Waals surface area contributed by atoms with Crippen LogP contribution in [0.2, 0.25) is 0 Å². The molecule has 2 heterocycles. The quantitative estimate of drug-likeness (QED) is 0.150. The molecule has 11 unspecified atom stereocenters. The minimum Gasteiger partial charge on any atom is -0.507 e. The summed E-state index contributed by atoms with van der Waals surface area (Å²) in [6, 6.07) is 0.855. The van der Waals surface area contributed by atoms with Gasteiger partial charge in [-0.05, 0) is 6.42 Å². The summed E-state index contributed by atoms with van der Waals surface area (Å²) in [5.41, 5.74) is -1.05. The van der Waals surface area contributed by atoms with Gasteiger partial charge in [0.25, 0.3) is 0 Å². The lowest BCUT2D eigenvalue weighted by atomic mass is 9.87. The van der Waals surface area contributed by atoms with Crippen LogP contribution in [0, 0.1) is 5.92 Å². The summed E-state index contributed by atoms with van der Waals surface area (Å²) in [6.45, 7) is 1.70. The molecule has 2 aliphatic heterocycles. The average molecular weight is 535 g/mol. The van der Waals surface area contributed by atoms with Gasteiger partial charge in [-0.3, -0.25) is 4.79 Å². The van der Waals surface area contributed by atoms with Gasteiger partial charge in [-0.15, -0.1) is 0 Å². The van der Waals surface area contributed by atoms with E-state index in [1.165, 1.54) is 0 Å². The molecule has 2 saturated heterocycles. The molecule has 10 N–H and O–H groups in total. The number of benzene rings is 1. The Labute approximate surface area is 211 Å². The number of aliphatic hydroxyl groups is 8. The van der Waals surface area contributed by atoms with Crippen molar-refractivity contribution in [2.45, 2.75) is 81.5 Å². The minimum absolute atomic E-state index is 0.314. The first-order valence-electron chi connectivity index (χ1n) is 11.8. The van der Waals surface area contributed by atoms with Gasteiger partial charge in [-0.2, -0.15) is 0 Å². The predicted molar refractivity (Wildman–Crippen MR) is 121 cm³/mol. The zero-order valence-electron chi connectivity index (χ0n) is 20.2. The van der Waals surface area contributed by atoms with E-state index in [1.54, 1.807) is 13.8 Å². The van der Waals surface area contributed by atoms with Crippen molar-refractivity contribution in [3.8, 4) is 17.2 Å². The summed E-state index contributed by atoms with van der Waals surface area (Å²) < 4.78 is 16.3. The Balaban J connectivity index is 2.10. The van der Waals surface area contributed by atoms with Gasteiger partial charge in [0, 0.05) is 12.0 Å². The van der Waals surface area contributed by atoms with Gasteiger partial charge in [0.2, 0.25) is 6.29 Å². The minimum atomic E-state index is -1.89.